The van der Waals surface area contributed by atoms with Crippen molar-refractivity contribution in [3.63, 3.8) is 0 Å². The van der Waals surface area contributed by atoms with Crippen molar-refractivity contribution in [1.82, 2.24) is 10.2 Å². The summed E-state index contributed by atoms with van der Waals surface area (Å²) in [6, 6.07) is 17.8. The normalized spacial score (nSPS) is 18.0. The highest BCUT2D eigenvalue weighted by Crippen LogP contribution is 2.29. The van der Waals surface area contributed by atoms with Crippen molar-refractivity contribution in [1.29, 1.82) is 0 Å². The number of anilines is 1. The molecule has 32 heavy (non-hydrogen) atoms. The van der Waals surface area contributed by atoms with Gasteiger partial charge in [0.05, 0.1) is 12.8 Å². The molecule has 1 atom stereocenters. The van der Waals surface area contributed by atoms with E-state index in [2.05, 4.69) is 5.32 Å². The molecule has 1 aromatic heterocycles. The van der Waals surface area contributed by atoms with Crippen molar-refractivity contribution < 1.29 is 18.8 Å². The molecule has 0 bridgehead atoms. The van der Waals surface area contributed by atoms with E-state index in [4.69, 9.17) is 4.42 Å². The fraction of sp³-hybridized carbons (Fsp3) is 0.240. The summed E-state index contributed by atoms with van der Waals surface area (Å²) in [5, 5.41) is 2.75. The third-order valence-electron chi connectivity index (χ3n) is 5.74. The van der Waals surface area contributed by atoms with Gasteiger partial charge >= 0.3 is 6.03 Å². The number of aryl methyl sites for hydroxylation is 2. The van der Waals surface area contributed by atoms with Gasteiger partial charge in [0.2, 0.25) is 5.91 Å². The van der Waals surface area contributed by atoms with E-state index in [0.29, 0.717) is 17.0 Å². The van der Waals surface area contributed by atoms with Crippen LogP contribution in [0.2, 0.25) is 0 Å². The monoisotopic (exact) mass is 431 g/mol. The number of carbonyl (C=O) groups excluding carboxylic acids is 3. The number of carbonyl (C=O) groups is 3. The quantitative estimate of drug-likeness (QED) is 0.600. The first-order valence-electron chi connectivity index (χ1n) is 10.4. The van der Waals surface area contributed by atoms with E-state index in [1.54, 1.807) is 19.1 Å². The molecule has 164 valence electrons. The summed E-state index contributed by atoms with van der Waals surface area (Å²) in [4.78, 5) is 41.7. The molecule has 0 saturated carbocycles. The zero-order valence-electron chi connectivity index (χ0n) is 18.3. The molecule has 0 spiro atoms. The third kappa shape index (κ3) is 4.01. The molecule has 1 N–H and O–H groups in total. The Kier molecular flexibility index (Phi) is 5.57. The van der Waals surface area contributed by atoms with Crippen LogP contribution in [0.3, 0.4) is 0 Å². The molecule has 0 radical (unpaired) electrons. The first-order valence-corrected chi connectivity index (χ1v) is 10.4. The number of hydrogen-bond donors (Lipinski definition) is 1. The summed E-state index contributed by atoms with van der Waals surface area (Å²) in [6.45, 7) is 5.38. The molecule has 1 fully saturated rings. The molecule has 3 aromatic rings. The zero-order valence-corrected chi connectivity index (χ0v) is 18.3. The van der Waals surface area contributed by atoms with Gasteiger partial charge in [0.15, 0.2) is 0 Å². The maximum Gasteiger partial charge on any atom is 0.325 e. The Labute approximate surface area is 186 Å². The van der Waals surface area contributed by atoms with Crippen LogP contribution in [-0.4, -0.2) is 29.3 Å². The van der Waals surface area contributed by atoms with Crippen molar-refractivity contribution in [3.8, 4) is 0 Å². The van der Waals surface area contributed by atoms with Gasteiger partial charge in [-0.3, -0.25) is 14.5 Å². The fourth-order valence-corrected chi connectivity index (χ4v) is 3.75. The molecule has 0 aliphatic carbocycles. The molecule has 1 unspecified atom stereocenters. The van der Waals surface area contributed by atoms with Crippen LogP contribution in [0.1, 0.15) is 29.4 Å². The van der Waals surface area contributed by atoms with Crippen molar-refractivity contribution in [2.75, 3.05) is 11.4 Å². The molecule has 4 rings (SSSR count). The van der Waals surface area contributed by atoms with Crippen LogP contribution in [-0.2, 0) is 21.7 Å². The predicted molar refractivity (Wildman–Crippen MR) is 120 cm³/mol. The van der Waals surface area contributed by atoms with Gasteiger partial charge < -0.3 is 14.6 Å². The lowest BCUT2D eigenvalue weighted by atomic mass is 9.91. The standard InChI is InChI=1S/C25H25N3O4/c1-17-6-10-19(11-7-17)25(3)23(30)28(24(31)26-25)16-22(29)27(15-21-5-4-14-32-21)20-12-8-18(2)9-13-20/h4-14H,15-16H2,1-3H3,(H,26,31). The summed E-state index contributed by atoms with van der Waals surface area (Å²) >= 11 is 0. The Bertz CT molecular complexity index is 1140. The highest BCUT2D eigenvalue weighted by molar-refractivity contribution is 6.10. The van der Waals surface area contributed by atoms with E-state index >= 15 is 0 Å². The second-order valence-electron chi connectivity index (χ2n) is 8.21. The fourth-order valence-electron chi connectivity index (χ4n) is 3.75. The molecular weight excluding hydrogens is 406 g/mol. The van der Waals surface area contributed by atoms with Gasteiger partial charge in [0.25, 0.3) is 5.91 Å². The van der Waals surface area contributed by atoms with Gasteiger partial charge in [0, 0.05) is 5.69 Å². The van der Waals surface area contributed by atoms with Crippen LogP contribution in [0.25, 0.3) is 0 Å². The van der Waals surface area contributed by atoms with Crippen LogP contribution in [0.15, 0.2) is 71.3 Å². The number of amides is 4. The van der Waals surface area contributed by atoms with E-state index in [1.165, 1.54) is 11.2 Å². The molecule has 7 heteroatoms. The lowest BCUT2D eigenvalue weighted by molar-refractivity contribution is -0.134. The maximum absolute atomic E-state index is 13.3. The number of nitrogens with zero attached hydrogens (tertiary/aromatic N) is 2. The third-order valence-corrected chi connectivity index (χ3v) is 5.74. The van der Waals surface area contributed by atoms with E-state index < -0.39 is 17.5 Å². The second-order valence-corrected chi connectivity index (χ2v) is 8.21. The van der Waals surface area contributed by atoms with Gasteiger partial charge in [-0.1, -0.05) is 47.5 Å². The number of urea groups is 1. The highest BCUT2D eigenvalue weighted by atomic mass is 16.3. The first-order chi connectivity index (χ1) is 15.3. The summed E-state index contributed by atoms with van der Waals surface area (Å²) in [5.74, 6) is -0.246. The number of imide groups is 1. The summed E-state index contributed by atoms with van der Waals surface area (Å²) in [5.41, 5.74) is 2.21. The molecule has 2 heterocycles. The Morgan fingerprint density at radius 2 is 1.62 bits per heavy atom. The second kappa shape index (κ2) is 8.34. The molecule has 4 amide bonds. The average Bonchev–Trinajstić information content (AvgIpc) is 3.36. The van der Waals surface area contributed by atoms with Gasteiger partial charge in [-0.05, 0) is 50.6 Å². The Morgan fingerprint density at radius 3 is 2.22 bits per heavy atom. The zero-order chi connectivity index (χ0) is 22.9. The molecule has 2 aromatic carbocycles. The average molecular weight is 431 g/mol. The predicted octanol–water partition coefficient (Wildman–Crippen LogP) is 3.90. The van der Waals surface area contributed by atoms with Crippen LogP contribution in [0, 0.1) is 13.8 Å². The van der Waals surface area contributed by atoms with E-state index in [0.717, 1.165) is 16.0 Å². The van der Waals surface area contributed by atoms with Crippen LogP contribution >= 0.6 is 0 Å². The highest BCUT2D eigenvalue weighted by Gasteiger charge is 2.49. The van der Waals surface area contributed by atoms with E-state index in [1.807, 2.05) is 62.4 Å². The SMILES string of the molecule is Cc1ccc(N(Cc2ccco2)C(=O)CN2C(=O)NC(C)(c3ccc(C)cc3)C2=O)cc1. The summed E-state index contributed by atoms with van der Waals surface area (Å²) in [6.07, 6.45) is 1.54. The van der Waals surface area contributed by atoms with E-state index in [9.17, 15) is 14.4 Å². The maximum atomic E-state index is 13.3. The van der Waals surface area contributed by atoms with E-state index in [-0.39, 0.29) is 19.0 Å². The minimum atomic E-state index is -1.22. The van der Waals surface area contributed by atoms with Crippen molar-refractivity contribution in [2.45, 2.75) is 32.9 Å². The smallest absolute Gasteiger partial charge is 0.325 e. The molecule has 1 aliphatic heterocycles. The number of rotatable bonds is 6. The van der Waals surface area contributed by atoms with Gasteiger partial charge in [-0.15, -0.1) is 0 Å². The molecule has 1 aliphatic rings. The first kappa shape index (κ1) is 21.4. The Balaban J connectivity index is 1.58. The minimum Gasteiger partial charge on any atom is -0.467 e. The van der Waals surface area contributed by atoms with Gasteiger partial charge in [0.1, 0.15) is 17.8 Å². The van der Waals surface area contributed by atoms with Crippen molar-refractivity contribution in [2.24, 2.45) is 0 Å². The van der Waals surface area contributed by atoms with Gasteiger partial charge in [-0.2, -0.15) is 0 Å². The van der Waals surface area contributed by atoms with Crippen LogP contribution in [0.4, 0.5) is 10.5 Å². The number of furan rings is 1. The Hall–Kier alpha value is -3.87. The number of hydrogen-bond acceptors (Lipinski definition) is 4. The summed E-state index contributed by atoms with van der Waals surface area (Å²) in [7, 11) is 0. The van der Waals surface area contributed by atoms with Crippen LogP contribution in [0.5, 0.6) is 0 Å². The number of benzene rings is 2. The van der Waals surface area contributed by atoms with Crippen molar-refractivity contribution in [3.05, 3.63) is 89.4 Å². The molecule has 1 saturated heterocycles. The Morgan fingerprint density at radius 1 is 1.00 bits per heavy atom. The summed E-state index contributed by atoms with van der Waals surface area (Å²) < 4.78 is 5.42. The largest absolute Gasteiger partial charge is 0.467 e. The molecule has 7 nitrogen and oxygen atoms in total. The lowest BCUT2D eigenvalue weighted by Gasteiger charge is -2.25. The topological polar surface area (TPSA) is 82.9 Å². The molecular formula is C25H25N3O4. The van der Waals surface area contributed by atoms with Gasteiger partial charge in [-0.25, -0.2) is 4.79 Å². The number of nitrogens with one attached hydrogen (secondary N) is 1. The minimum absolute atomic E-state index is 0.188. The lowest BCUT2D eigenvalue weighted by Crippen LogP contribution is -2.44. The van der Waals surface area contributed by atoms with Crippen molar-refractivity contribution >= 4 is 23.5 Å². The van der Waals surface area contributed by atoms with Crippen LogP contribution < -0.4 is 10.2 Å².